The van der Waals surface area contributed by atoms with Crippen molar-refractivity contribution < 1.29 is 19.4 Å². The average molecular weight is 218 g/mol. The minimum Gasteiger partial charge on any atom is -0.481 e. The third-order valence-corrected chi connectivity index (χ3v) is 2.59. The molecule has 15 heavy (non-hydrogen) atoms. The minimum absolute atomic E-state index is 0.0172. The van der Waals surface area contributed by atoms with Gasteiger partial charge in [-0.05, 0) is 27.2 Å². The smallest absolute Gasteiger partial charge is 0.306 e. The summed E-state index contributed by atoms with van der Waals surface area (Å²) in [6.07, 6.45) is 0.683. The van der Waals surface area contributed by atoms with Crippen LogP contribution in [0.4, 0.5) is 0 Å². The van der Waals surface area contributed by atoms with Gasteiger partial charge in [0.2, 0.25) is 0 Å². The zero-order valence-electron chi connectivity index (χ0n) is 10.3. The Morgan fingerprint density at radius 2 is 1.87 bits per heavy atom. The van der Waals surface area contributed by atoms with E-state index in [4.69, 9.17) is 14.6 Å². The predicted molar refractivity (Wildman–Crippen MR) is 58.0 cm³/mol. The number of methoxy groups -OCH3 is 1. The van der Waals surface area contributed by atoms with E-state index >= 15 is 0 Å². The molecule has 0 fully saturated rings. The largest absolute Gasteiger partial charge is 0.481 e. The summed E-state index contributed by atoms with van der Waals surface area (Å²) in [5.74, 6) is -0.838. The number of hydrogen-bond donors (Lipinski definition) is 1. The lowest BCUT2D eigenvalue weighted by atomic mass is 9.98. The molecule has 0 amide bonds. The fourth-order valence-electron chi connectivity index (χ4n) is 1.00. The van der Waals surface area contributed by atoms with Gasteiger partial charge in [-0.2, -0.15) is 0 Å². The first-order chi connectivity index (χ1) is 6.74. The van der Waals surface area contributed by atoms with Crippen LogP contribution in [0.1, 0.15) is 40.5 Å². The summed E-state index contributed by atoms with van der Waals surface area (Å²) in [4.78, 5) is 10.7. The summed E-state index contributed by atoms with van der Waals surface area (Å²) >= 11 is 0. The van der Waals surface area contributed by atoms with E-state index in [9.17, 15) is 4.79 Å². The van der Waals surface area contributed by atoms with Crippen LogP contribution in [0, 0.1) is 0 Å². The van der Waals surface area contributed by atoms with E-state index in [0.717, 1.165) is 0 Å². The zero-order valence-corrected chi connectivity index (χ0v) is 10.3. The van der Waals surface area contributed by atoms with Gasteiger partial charge in [0.25, 0.3) is 0 Å². The average Bonchev–Trinajstić information content (AvgIpc) is 2.14. The van der Waals surface area contributed by atoms with Gasteiger partial charge in [-0.1, -0.05) is 6.92 Å². The number of rotatable bonds is 7. The van der Waals surface area contributed by atoms with Gasteiger partial charge < -0.3 is 14.6 Å². The van der Waals surface area contributed by atoms with Crippen molar-refractivity contribution in [2.24, 2.45) is 0 Å². The molecule has 1 atom stereocenters. The van der Waals surface area contributed by atoms with Crippen LogP contribution in [0.2, 0.25) is 0 Å². The number of carboxylic acid groups (broad SMARTS) is 1. The van der Waals surface area contributed by atoms with Crippen molar-refractivity contribution in [2.45, 2.75) is 51.7 Å². The molecule has 0 bridgehead atoms. The van der Waals surface area contributed by atoms with Gasteiger partial charge in [-0.3, -0.25) is 4.79 Å². The van der Waals surface area contributed by atoms with Crippen LogP contribution in [-0.4, -0.2) is 36.0 Å². The minimum atomic E-state index is -0.838. The third-order valence-electron chi connectivity index (χ3n) is 2.59. The van der Waals surface area contributed by atoms with Gasteiger partial charge in [0.15, 0.2) is 0 Å². The molecule has 0 aromatic heterocycles. The maximum Gasteiger partial charge on any atom is 0.306 e. The fraction of sp³-hybridized carbons (Fsp3) is 0.909. The van der Waals surface area contributed by atoms with Crippen LogP contribution in [0.5, 0.6) is 0 Å². The number of carboxylic acids is 1. The highest BCUT2D eigenvalue weighted by Crippen LogP contribution is 2.22. The van der Waals surface area contributed by atoms with E-state index in [1.807, 2.05) is 27.7 Å². The van der Waals surface area contributed by atoms with E-state index in [0.29, 0.717) is 13.0 Å². The molecule has 0 aromatic carbocycles. The molecule has 0 aromatic rings. The van der Waals surface area contributed by atoms with Gasteiger partial charge in [-0.15, -0.1) is 0 Å². The molecule has 1 unspecified atom stereocenters. The highest BCUT2D eigenvalue weighted by Gasteiger charge is 2.29. The molecule has 0 aliphatic rings. The molecule has 1 N–H and O–H groups in total. The summed E-state index contributed by atoms with van der Waals surface area (Å²) in [5, 5.41) is 8.76. The van der Waals surface area contributed by atoms with Gasteiger partial charge in [0, 0.05) is 7.11 Å². The Bertz CT molecular complexity index is 213. The zero-order chi connectivity index (χ0) is 12.1. The normalized spacial score (nSPS) is 16.1. The Kier molecular flexibility index (Phi) is 5.24. The Labute approximate surface area is 91.6 Å². The Morgan fingerprint density at radius 1 is 1.33 bits per heavy atom. The third kappa shape index (κ3) is 5.74. The Hall–Kier alpha value is -0.610. The maximum atomic E-state index is 10.7. The SMILES string of the molecule is CCC(C)(CC(=O)O)OCC(C)(C)OC. The highest BCUT2D eigenvalue weighted by atomic mass is 16.5. The first-order valence-corrected chi connectivity index (χ1v) is 5.15. The molecule has 0 aliphatic carbocycles. The molecule has 4 heteroatoms. The lowest BCUT2D eigenvalue weighted by Gasteiger charge is -2.32. The summed E-state index contributed by atoms with van der Waals surface area (Å²) in [6, 6.07) is 0. The topological polar surface area (TPSA) is 55.8 Å². The molecule has 90 valence electrons. The standard InChI is InChI=1S/C11H22O4/c1-6-11(4,7-9(12)13)15-8-10(2,3)14-5/h6-8H2,1-5H3,(H,12,13). The Morgan fingerprint density at radius 3 is 2.20 bits per heavy atom. The van der Waals surface area contributed by atoms with Crippen molar-refractivity contribution in [1.29, 1.82) is 0 Å². The summed E-state index contributed by atoms with van der Waals surface area (Å²) in [5.41, 5.74) is -0.990. The second-order valence-corrected chi connectivity index (χ2v) is 4.63. The van der Waals surface area contributed by atoms with Gasteiger partial charge in [0.05, 0.1) is 24.2 Å². The second-order valence-electron chi connectivity index (χ2n) is 4.63. The second kappa shape index (κ2) is 5.47. The van der Waals surface area contributed by atoms with Gasteiger partial charge in [-0.25, -0.2) is 0 Å². The number of hydrogen-bond acceptors (Lipinski definition) is 3. The summed E-state index contributed by atoms with van der Waals surface area (Å²) in [6.45, 7) is 7.93. The number of carbonyl (C=O) groups is 1. The molecule has 0 spiro atoms. The maximum absolute atomic E-state index is 10.7. The van der Waals surface area contributed by atoms with Crippen molar-refractivity contribution in [3.63, 3.8) is 0 Å². The van der Waals surface area contributed by atoms with E-state index < -0.39 is 11.6 Å². The molecule has 0 radical (unpaired) electrons. The van der Waals surface area contributed by atoms with Crippen molar-refractivity contribution in [3.8, 4) is 0 Å². The first kappa shape index (κ1) is 14.4. The van der Waals surface area contributed by atoms with E-state index in [-0.39, 0.29) is 12.0 Å². The quantitative estimate of drug-likeness (QED) is 0.710. The highest BCUT2D eigenvalue weighted by molar-refractivity contribution is 5.68. The van der Waals surface area contributed by atoms with Crippen LogP contribution in [0.3, 0.4) is 0 Å². The Balaban J connectivity index is 4.26. The van der Waals surface area contributed by atoms with Crippen molar-refractivity contribution >= 4 is 5.97 Å². The van der Waals surface area contributed by atoms with Crippen molar-refractivity contribution in [1.82, 2.24) is 0 Å². The monoisotopic (exact) mass is 218 g/mol. The van der Waals surface area contributed by atoms with Crippen molar-refractivity contribution in [3.05, 3.63) is 0 Å². The molecule has 4 nitrogen and oxygen atoms in total. The van der Waals surface area contributed by atoms with Gasteiger partial charge in [0.1, 0.15) is 0 Å². The fourth-order valence-corrected chi connectivity index (χ4v) is 1.00. The molecule has 0 saturated carbocycles. The molecule has 0 saturated heterocycles. The van der Waals surface area contributed by atoms with Gasteiger partial charge >= 0.3 is 5.97 Å². The predicted octanol–water partition coefficient (Wildman–Crippen LogP) is 2.07. The molecule has 0 rings (SSSR count). The van der Waals surface area contributed by atoms with Crippen molar-refractivity contribution in [2.75, 3.05) is 13.7 Å². The van der Waals surface area contributed by atoms with Crippen LogP contribution in [-0.2, 0) is 14.3 Å². The molecule has 0 aliphatic heterocycles. The van der Waals surface area contributed by atoms with Crippen LogP contribution >= 0.6 is 0 Å². The lowest BCUT2D eigenvalue weighted by molar-refractivity contribution is -0.152. The summed E-state index contributed by atoms with van der Waals surface area (Å²) in [7, 11) is 1.61. The molecule has 0 heterocycles. The summed E-state index contributed by atoms with van der Waals surface area (Å²) < 4.78 is 10.8. The first-order valence-electron chi connectivity index (χ1n) is 5.15. The number of aliphatic carboxylic acids is 1. The molecular weight excluding hydrogens is 196 g/mol. The van der Waals surface area contributed by atoms with E-state index in [1.165, 1.54) is 0 Å². The van der Waals surface area contributed by atoms with Crippen LogP contribution in [0.25, 0.3) is 0 Å². The van der Waals surface area contributed by atoms with Crippen LogP contribution in [0.15, 0.2) is 0 Å². The van der Waals surface area contributed by atoms with E-state index in [1.54, 1.807) is 7.11 Å². The van der Waals surface area contributed by atoms with E-state index in [2.05, 4.69) is 0 Å². The van der Waals surface area contributed by atoms with Crippen LogP contribution < -0.4 is 0 Å². The molecular formula is C11H22O4. The lowest BCUT2D eigenvalue weighted by Crippen LogP contribution is -2.38. The number of ether oxygens (including phenoxy) is 2.